The van der Waals surface area contributed by atoms with Gasteiger partial charge in [0.25, 0.3) is 0 Å². The Morgan fingerprint density at radius 2 is 1.96 bits per heavy atom. The molecule has 2 heterocycles. The van der Waals surface area contributed by atoms with Crippen molar-refractivity contribution >= 4 is 11.3 Å². The standard InChI is InChI=1S/C18H14N2O2S/c1-21-17-9-5-8-14(20-17)11-22-18-15(10-19)16(12-23-18)13-6-3-2-4-7-13/h2-9,12H,11H2,1H3. The summed E-state index contributed by atoms with van der Waals surface area (Å²) in [6, 6.07) is 17.6. The topological polar surface area (TPSA) is 55.1 Å². The zero-order valence-corrected chi connectivity index (χ0v) is 13.3. The Bertz CT molecular complexity index is 838. The van der Waals surface area contributed by atoms with Crippen LogP contribution < -0.4 is 9.47 Å². The van der Waals surface area contributed by atoms with Crippen LogP contribution in [0.2, 0.25) is 0 Å². The van der Waals surface area contributed by atoms with Crippen LogP contribution in [0, 0.1) is 11.3 Å². The normalized spacial score (nSPS) is 10.1. The van der Waals surface area contributed by atoms with Gasteiger partial charge < -0.3 is 9.47 Å². The van der Waals surface area contributed by atoms with Crippen LogP contribution in [0.3, 0.4) is 0 Å². The molecule has 0 spiro atoms. The van der Waals surface area contributed by atoms with E-state index in [4.69, 9.17) is 9.47 Å². The van der Waals surface area contributed by atoms with Crippen LogP contribution in [0.4, 0.5) is 0 Å². The zero-order chi connectivity index (χ0) is 16.1. The molecule has 0 amide bonds. The molecule has 0 aliphatic rings. The van der Waals surface area contributed by atoms with E-state index in [1.165, 1.54) is 11.3 Å². The SMILES string of the molecule is COc1cccc(COc2scc(-c3ccccc3)c2C#N)n1. The van der Waals surface area contributed by atoms with E-state index in [9.17, 15) is 5.26 Å². The quantitative estimate of drug-likeness (QED) is 0.704. The van der Waals surface area contributed by atoms with Crippen LogP contribution in [0.15, 0.2) is 53.9 Å². The van der Waals surface area contributed by atoms with Crippen molar-refractivity contribution in [3.05, 3.63) is 65.2 Å². The molecule has 2 aromatic heterocycles. The number of ether oxygens (including phenoxy) is 2. The maximum atomic E-state index is 9.47. The van der Waals surface area contributed by atoms with Crippen molar-refractivity contribution in [1.29, 1.82) is 5.26 Å². The van der Waals surface area contributed by atoms with Crippen molar-refractivity contribution in [2.75, 3.05) is 7.11 Å². The van der Waals surface area contributed by atoms with Gasteiger partial charge in [0.1, 0.15) is 18.2 Å². The van der Waals surface area contributed by atoms with Crippen LogP contribution in [0.25, 0.3) is 11.1 Å². The molecule has 0 bridgehead atoms. The molecule has 5 heteroatoms. The van der Waals surface area contributed by atoms with Crippen LogP contribution in [0.1, 0.15) is 11.3 Å². The number of hydrogen-bond acceptors (Lipinski definition) is 5. The molecule has 0 fully saturated rings. The van der Waals surface area contributed by atoms with Crippen molar-refractivity contribution in [3.63, 3.8) is 0 Å². The maximum Gasteiger partial charge on any atom is 0.213 e. The van der Waals surface area contributed by atoms with E-state index in [1.807, 2.05) is 47.8 Å². The van der Waals surface area contributed by atoms with E-state index < -0.39 is 0 Å². The Labute approximate surface area is 138 Å². The predicted molar refractivity (Wildman–Crippen MR) is 89.6 cm³/mol. The summed E-state index contributed by atoms with van der Waals surface area (Å²) in [6.07, 6.45) is 0. The summed E-state index contributed by atoms with van der Waals surface area (Å²) in [5, 5.41) is 12.0. The predicted octanol–water partition coefficient (Wildman–Crippen LogP) is 4.27. The minimum atomic E-state index is 0.292. The van der Waals surface area contributed by atoms with Gasteiger partial charge in [0.15, 0.2) is 5.06 Å². The van der Waals surface area contributed by atoms with E-state index in [-0.39, 0.29) is 0 Å². The largest absolute Gasteiger partial charge is 0.481 e. The fourth-order valence-electron chi connectivity index (χ4n) is 2.17. The fraction of sp³-hybridized carbons (Fsp3) is 0.111. The summed E-state index contributed by atoms with van der Waals surface area (Å²) < 4.78 is 10.9. The summed E-state index contributed by atoms with van der Waals surface area (Å²) in [5.41, 5.74) is 3.22. The first-order valence-corrected chi connectivity index (χ1v) is 7.89. The number of pyridine rings is 1. The number of aromatic nitrogens is 1. The number of nitrogens with zero attached hydrogens (tertiary/aromatic N) is 2. The van der Waals surface area contributed by atoms with E-state index >= 15 is 0 Å². The fourth-order valence-corrected chi connectivity index (χ4v) is 3.05. The highest BCUT2D eigenvalue weighted by Crippen LogP contribution is 2.36. The first-order chi connectivity index (χ1) is 11.3. The molecule has 0 saturated heterocycles. The molecule has 3 aromatic rings. The van der Waals surface area contributed by atoms with Gasteiger partial charge in [0.2, 0.25) is 5.88 Å². The summed E-state index contributed by atoms with van der Waals surface area (Å²) in [7, 11) is 1.58. The Kier molecular flexibility index (Phi) is 4.55. The summed E-state index contributed by atoms with van der Waals surface area (Å²) >= 11 is 1.42. The van der Waals surface area contributed by atoms with Crippen LogP contribution >= 0.6 is 11.3 Å². The lowest BCUT2D eigenvalue weighted by Crippen LogP contribution is -1.99. The molecule has 0 unspecified atom stereocenters. The second-order valence-electron chi connectivity index (χ2n) is 4.75. The Balaban J connectivity index is 1.81. The molecule has 114 valence electrons. The average molecular weight is 322 g/mol. The third-order valence-corrected chi connectivity index (χ3v) is 4.18. The molecule has 3 rings (SSSR count). The Hall–Kier alpha value is -2.84. The molecule has 4 nitrogen and oxygen atoms in total. The number of methoxy groups -OCH3 is 1. The number of benzene rings is 1. The molecular weight excluding hydrogens is 308 g/mol. The van der Waals surface area contributed by atoms with Crippen molar-refractivity contribution in [2.24, 2.45) is 0 Å². The number of rotatable bonds is 5. The highest BCUT2D eigenvalue weighted by Gasteiger charge is 2.14. The highest BCUT2D eigenvalue weighted by atomic mass is 32.1. The molecule has 0 aliphatic carbocycles. The number of thiophene rings is 1. The smallest absolute Gasteiger partial charge is 0.213 e. The average Bonchev–Trinajstić information content (AvgIpc) is 3.04. The van der Waals surface area contributed by atoms with Gasteiger partial charge in [-0.15, -0.1) is 11.3 Å². The van der Waals surface area contributed by atoms with Gasteiger partial charge in [-0.3, -0.25) is 0 Å². The summed E-state index contributed by atoms with van der Waals surface area (Å²) in [4.78, 5) is 4.30. The van der Waals surface area contributed by atoms with E-state index in [0.29, 0.717) is 23.1 Å². The van der Waals surface area contributed by atoms with E-state index in [2.05, 4.69) is 11.1 Å². The zero-order valence-electron chi connectivity index (χ0n) is 12.5. The number of hydrogen-bond donors (Lipinski definition) is 0. The minimum absolute atomic E-state index is 0.292. The lowest BCUT2D eigenvalue weighted by Gasteiger charge is -2.06. The first kappa shape index (κ1) is 15.1. The second-order valence-corrected chi connectivity index (χ2v) is 5.59. The van der Waals surface area contributed by atoms with E-state index in [0.717, 1.165) is 16.8 Å². The molecule has 0 radical (unpaired) electrons. The van der Waals surface area contributed by atoms with Gasteiger partial charge >= 0.3 is 0 Å². The number of nitriles is 1. The highest BCUT2D eigenvalue weighted by molar-refractivity contribution is 7.12. The second kappa shape index (κ2) is 6.95. The molecule has 23 heavy (non-hydrogen) atoms. The Morgan fingerprint density at radius 3 is 2.70 bits per heavy atom. The van der Waals surface area contributed by atoms with E-state index in [1.54, 1.807) is 13.2 Å². The van der Waals surface area contributed by atoms with Gasteiger partial charge in [-0.05, 0) is 11.6 Å². The maximum absolute atomic E-state index is 9.47. The summed E-state index contributed by atoms with van der Waals surface area (Å²) in [6.45, 7) is 0.292. The van der Waals surface area contributed by atoms with Crippen LogP contribution in [-0.4, -0.2) is 12.1 Å². The lowest BCUT2D eigenvalue weighted by molar-refractivity contribution is 0.306. The molecule has 0 saturated carbocycles. The molecular formula is C18H14N2O2S. The molecule has 1 aromatic carbocycles. The molecule has 0 aliphatic heterocycles. The molecule has 0 atom stereocenters. The van der Waals surface area contributed by atoms with Gasteiger partial charge in [-0.2, -0.15) is 5.26 Å². The minimum Gasteiger partial charge on any atom is -0.481 e. The van der Waals surface area contributed by atoms with Crippen molar-refractivity contribution in [1.82, 2.24) is 4.98 Å². The van der Waals surface area contributed by atoms with Gasteiger partial charge in [0, 0.05) is 17.0 Å². The first-order valence-electron chi connectivity index (χ1n) is 7.01. The summed E-state index contributed by atoms with van der Waals surface area (Å²) in [5.74, 6) is 0.544. The van der Waals surface area contributed by atoms with Crippen LogP contribution in [-0.2, 0) is 6.61 Å². The van der Waals surface area contributed by atoms with Gasteiger partial charge in [0.05, 0.1) is 12.8 Å². The van der Waals surface area contributed by atoms with Crippen molar-refractivity contribution in [3.8, 4) is 28.1 Å². The third-order valence-electron chi connectivity index (χ3n) is 3.30. The van der Waals surface area contributed by atoms with Crippen LogP contribution in [0.5, 0.6) is 10.9 Å². The molecule has 0 N–H and O–H groups in total. The van der Waals surface area contributed by atoms with Crippen molar-refractivity contribution < 1.29 is 9.47 Å². The third kappa shape index (κ3) is 3.33. The van der Waals surface area contributed by atoms with Crippen molar-refractivity contribution in [2.45, 2.75) is 6.61 Å². The van der Waals surface area contributed by atoms with Gasteiger partial charge in [-0.25, -0.2) is 4.98 Å². The van der Waals surface area contributed by atoms with Gasteiger partial charge in [-0.1, -0.05) is 36.4 Å². The monoisotopic (exact) mass is 322 g/mol. The Morgan fingerprint density at radius 1 is 1.13 bits per heavy atom. The lowest BCUT2D eigenvalue weighted by atomic mass is 10.1.